The van der Waals surface area contributed by atoms with Gasteiger partial charge in [-0.1, -0.05) is 0 Å². The molecular weight excluding hydrogens is 258 g/mol. The van der Waals surface area contributed by atoms with E-state index in [1.165, 1.54) is 0 Å². The quantitative estimate of drug-likeness (QED) is 0.857. The van der Waals surface area contributed by atoms with Gasteiger partial charge in [-0.3, -0.25) is 4.79 Å². The van der Waals surface area contributed by atoms with Crippen molar-refractivity contribution in [1.29, 1.82) is 0 Å². The number of likely N-dealkylation sites (tertiary alicyclic amines) is 1. The molecule has 0 aromatic heterocycles. The van der Waals surface area contributed by atoms with Crippen LogP contribution in [0.25, 0.3) is 0 Å². The van der Waals surface area contributed by atoms with E-state index in [1.807, 2.05) is 11.0 Å². The van der Waals surface area contributed by atoms with Crippen molar-refractivity contribution in [3.05, 3.63) is 23.3 Å². The van der Waals surface area contributed by atoms with Crippen molar-refractivity contribution >= 4 is 5.91 Å². The molecule has 1 aromatic carbocycles. The Bertz CT molecular complexity index is 483. The lowest BCUT2D eigenvalue weighted by Gasteiger charge is -2.31. The van der Waals surface area contributed by atoms with Crippen molar-refractivity contribution in [1.82, 2.24) is 4.90 Å². The Hall–Kier alpha value is -1.75. The summed E-state index contributed by atoms with van der Waals surface area (Å²) in [6, 6.07) is 3.57. The van der Waals surface area contributed by atoms with Crippen LogP contribution in [0.15, 0.2) is 12.1 Å². The summed E-state index contributed by atoms with van der Waals surface area (Å²) in [5.41, 5.74) is 1.51. The number of nitrogens with zero attached hydrogens (tertiary/aromatic N) is 1. The fraction of sp³-hybridized carbons (Fsp3) is 0.533. The second-order valence-corrected chi connectivity index (χ2v) is 4.84. The molecule has 0 saturated carbocycles. The Kier molecular flexibility index (Phi) is 4.84. The molecule has 1 saturated heterocycles. The van der Waals surface area contributed by atoms with Gasteiger partial charge in [0.15, 0.2) is 11.5 Å². The molecule has 0 bridgehead atoms. The van der Waals surface area contributed by atoms with E-state index in [4.69, 9.17) is 14.6 Å². The standard InChI is InChI=1S/C15H21NO4/c1-19-13-10-12(15(18)16-6-4-7-16)9-11(5-3-8-17)14(13)20-2/h9-10,17H,3-8H2,1-2H3. The number of rotatable bonds is 6. The highest BCUT2D eigenvalue weighted by molar-refractivity contribution is 5.95. The van der Waals surface area contributed by atoms with Gasteiger partial charge < -0.3 is 19.5 Å². The SMILES string of the molecule is COc1cc(C(=O)N2CCC2)cc(CCCO)c1OC. The maximum Gasteiger partial charge on any atom is 0.254 e. The number of aliphatic hydroxyl groups excluding tert-OH is 1. The van der Waals surface area contributed by atoms with Gasteiger partial charge in [0.1, 0.15) is 0 Å². The first kappa shape index (κ1) is 14.7. The number of aliphatic hydroxyl groups is 1. The molecule has 0 spiro atoms. The van der Waals surface area contributed by atoms with Crippen LogP contribution in [0.2, 0.25) is 0 Å². The number of carbonyl (C=O) groups excluding carboxylic acids is 1. The number of carbonyl (C=O) groups is 1. The van der Waals surface area contributed by atoms with Crippen LogP contribution in [0.5, 0.6) is 11.5 Å². The number of amides is 1. The maximum absolute atomic E-state index is 12.3. The summed E-state index contributed by atoms with van der Waals surface area (Å²) in [7, 11) is 3.14. The van der Waals surface area contributed by atoms with E-state index in [2.05, 4.69) is 0 Å². The molecule has 20 heavy (non-hydrogen) atoms. The van der Waals surface area contributed by atoms with E-state index >= 15 is 0 Å². The molecule has 5 heteroatoms. The summed E-state index contributed by atoms with van der Waals surface area (Å²) in [6.07, 6.45) is 2.34. The lowest BCUT2D eigenvalue weighted by Crippen LogP contribution is -2.42. The van der Waals surface area contributed by atoms with E-state index in [0.717, 1.165) is 25.1 Å². The van der Waals surface area contributed by atoms with Crippen LogP contribution in [0.1, 0.15) is 28.8 Å². The number of methoxy groups -OCH3 is 2. The van der Waals surface area contributed by atoms with E-state index in [-0.39, 0.29) is 12.5 Å². The minimum Gasteiger partial charge on any atom is -0.493 e. The molecule has 5 nitrogen and oxygen atoms in total. The number of hydrogen-bond donors (Lipinski definition) is 1. The Labute approximate surface area is 119 Å². The zero-order valence-electron chi connectivity index (χ0n) is 12.0. The predicted molar refractivity (Wildman–Crippen MR) is 75.5 cm³/mol. The van der Waals surface area contributed by atoms with E-state index in [1.54, 1.807) is 20.3 Å². The molecule has 1 fully saturated rings. The Morgan fingerprint density at radius 2 is 2.05 bits per heavy atom. The maximum atomic E-state index is 12.3. The van der Waals surface area contributed by atoms with Crippen LogP contribution >= 0.6 is 0 Å². The van der Waals surface area contributed by atoms with Gasteiger partial charge in [0.05, 0.1) is 14.2 Å². The lowest BCUT2D eigenvalue weighted by atomic mass is 10.0. The van der Waals surface area contributed by atoms with Crippen molar-refractivity contribution in [2.45, 2.75) is 19.3 Å². The third-order valence-electron chi connectivity index (χ3n) is 3.55. The molecule has 0 unspecified atom stereocenters. The van der Waals surface area contributed by atoms with Crippen molar-refractivity contribution in [3.63, 3.8) is 0 Å². The molecule has 1 aliphatic heterocycles. The van der Waals surface area contributed by atoms with Gasteiger partial charge in [-0.2, -0.15) is 0 Å². The van der Waals surface area contributed by atoms with Gasteiger partial charge in [-0.15, -0.1) is 0 Å². The fourth-order valence-electron chi connectivity index (χ4n) is 2.32. The van der Waals surface area contributed by atoms with Gasteiger partial charge in [-0.05, 0) is 37.0 Å². The second-order valence-electron chi connectivity index (χ2n) is 4.84. The highest BCUT2D eigenvalue weighted by Crippen LogP contribution is 2.34. The molecule has 0 atom stereocenters. The summed E-state index contributed by atoms with van der Waals surface area (Å²) < 4.78 is 10.7. The predicted octanol–water partition coefficient (Wildman–Crippen LogP) is 1.47. The van der Waals surface area contributed by atoms with Crippen molar-refractivity contribution in [3.8, 4) is 11.5 Å². The van der Waals surface area contributed by atoms with Gasteiger partial charge in [0, 0.05) is 25.3 Å². The number of aryl methyl sites for hydroxylation is 1. The van der Waals surface area contributed by atoms with Crippen LogP contribution in [-0.2, 0) is 6.42 Å². The molecule has 0 radical (unpaired) electrons. The van der Waals surface area contributed by atoms with Crippen molar-refractivity contribution < 1.29 is 19.4 Å². The molecule has 1 aliphatic rings. The topological polar surface area (TPSA) is 59.0 Å². The minimum atomic E-state index is 0.0300. The number of hydrogen-bond acceptors (Lipinski definition) is 4. The monoisotopic (exact) mass is 279 g/mol. The first-order valence-corrected chi connectivity index (χ1v) is 6.86. The fourth-order valence-corrected chi connectivity index (χ4v) is 2.32. The summed E-state index contributed by atoms with van der Waals surface area (Å²) in [4.78, 5) is 14.1. The minimum absolute atomic E-state index is 0.0300. The lowest BCUT2D eigenvalue weighted by molar-refractivity contribution is 0.0651. The highest BCUT2D eigenvalue weighted by Gasteiger charge is 2.24. The third-order valence-corrected chi connectivity index (χ3v) is 3.55. The summed E-state index contributed by atoms with van der Waals surface area (Å²) in [5, 5.41) is 8.98. The van der Waals surface area contributed by atoms with Gasteiger partial charge in [0.2, 0.25) is 0 Å². The van der Waals surface area contributed by atoms with Gasteiger partial charge >= 0.3 is 0 Å². The summed E-state index contributed by atoms with van der Waals surface area (Å²) >= 11 is 0. The zero-order valence-corrected chi connectivity index (χ0v) is 12.0. The first-order chi connectivity index (χ1) is 9.71. The van der Waals surface area contributed by atoms with Crippen molar-refractivity contribution in [2.75, 3.05) is 33.9 Å². The highest BCUT2D eigenvalue weighted by atomic mass is 16.5. The molecular formula is C15H21NO4. The second kappa shape index (κ2) is 6.61. The van der Waals surface area contributed by atoms with E-state index in [0.29, 0.717) is 29.9 Å². The normalized spacial score (nSPS) is 13.8. The smallest absolute Gasteiger partial charge is 0.254 e. The first-order valence-electron chi connectivity index (χ1n) is 6.86. The average molecular weight is 279 g/mol. The summed E-state index contributed by atoms with van der Waals surface area (Å²) in [5.74, 6) is 1.23. The zero-order chi connectivity index (χ0) is 14.5. The Morgan fingerprint density at radius 1 is 1.30 bits per heavy atom. The molecule has 1 N–H and O–H groups in total. The Balaban J connectivity index is 2.34. The van der Waals surface area contributed by atoms with E-state index in [9.17, 15) is 4.79 Å². The molecule has 1 heterocycles. The molecule has 0 aliphatic carbocycles. The Morgan fingerprint density at radius 3 is 2.55 bits per heavy atom. The number of benzene rings is 1. The van der Waals surface area contributed by atoms with Crippen LogP contribution in [0.3, 0.4) is 0 Å². The van der Waals surface area contributed by atoms with Gasteiger partial charge in [-0.25, -0.2) is 0 Å². The largest absolute Gasteiger partial charge is 0.493 e. The molecule has 110 valence electrons. The van der Waals surface area contributed by atoms with Crippen LogP contribution in [0, 0.1) is 0 Å². The van der Waals surface area contributed by atoms with Crippen molar-refractivity contribution in [2.24, 2.45) is 0 Å². The van der Waals surface area contributed by atoms with Crippen LogP contribution in [0.4, 0.5) is 0 Å². The summed E-state index contributed by atoms with van der Waals surface area (Å²) in [6.45, 7) is 1.74. The van der Waals surface area contributed by atoms with Gasteiger partial charge in [0.25, 0.3) is 5.91 Å². The molecule has 2 rings (SSSR count). The average Bonchev–Trinajstić information content (AvgIpc) is 2.41. The third kappa shape index (κ3) is 2.88. The molecule has 1 aromatic rings. The van der Waals surface area contributed by atoms with Crippen LogP contribution < -0.4 is 9.47 Å². The number of ether oxygens (including phenoxy) is 2. The van der Waals surface area contributed by atoms with Crippen LogP contribution in [-0.4, -0.2) is 49.8 Å². The van der Waals surface area contributed by atoms with E-state index < -0.39 is 0 Å². The molecule has 1 amide bonds.